The third kappa shape index (κ3) is 6.63. The van der Waals surface area contributed by atoms with E-state index >= 15 is 0 Å². The molecule has 0 unspecified atom stereocenters. The molecule has 2 aromatic rings. The SMILES string of the molecule is CC(C)(C)NS(=O)(=O)c1ccc(C(=O)OCC(=O)Nc2ccc(Cl)cc2)cc1. The Kier molecular flexibility index (Phi) is 6.82. The van der Waals surface area contributed by atoms with Crippen molar-refractivity contribution in [3.05, 3.63) is 59.1 Å². The fourth-order valence-electron chi connectivity index (χ4n) is 2.18. The van der Waals surface area contributed by atoms with Crippen LogP contribution in [0.25, 0.3) is 0 Å². The highest BCUT2D eigenvalue weighted by Gasteiger charge is 2.22. The minimum absolute atomic E-state index is 0.0273. The van der Waals surface area contributed by atoms with Gasteiger partial charge in [0.25, 0.3) is 5.91 Å². The Bertz CT molecular complexity index is 949. The van der Waals surface area contributed by atoms with Crippen molar-refractivity contribution in [2.45, 2.75) is 31.2 Å². The van der Waals surface area contributed by atoms with Crippen molar-refractivity contribution in [3.8, 4) is 0 Å². The van der Waals surface area contributed by atoms with Crippen molar-refractivity contribution >= 4 is 39.2 Å². The topological polar surface area (TPSA) is 102 Å². The highest BCUT2D eigenvalue weighted by Crippen LogP contribution is 2.15. The van der Waals surface area contributed by atoms with Gasteiger partial charge in [-0.2, -0.15) is 0 Å². The Hall–Kier alpha value is -2.42. The van der Waals surface area contributed by atoms with Crippen LogP contribution in [0.4, 0.5) is 5.69 Å². The van der Waals surface area contributed by atoms with Crippen LogP contribution in [0.5, 0.6) is 0 Å². The summed E-state index contributed by atoms with van der Waals surface area (Å²) in [4.78, 5) is 23.9. The van der Waals surface area contributed by atoms with Crippen LogP contribution in [-0.4, -0.2) is 32.4 Å². The zero-order chi connectivity index (χ0) is 20.9. The van der Waals surface area contributed by atoms with Crippen molar-refractivity contribution < 1.29 is 22.7 Å². The van der Waals surface area contributed by atoms with E-state index in [1.165, 1.54) is 24.3 Å². The lowest BCUT2D eigenvalue weighted by Gasteiger charge is -2.20. The van der Waals surface area contributed by atoms with E-state index < -0.39 is 34.0 Å². The van der Waals surface area contributed by atoms with E-state index in [9.17, 15) is 18.0 Å². The largest absolute Gasteiger partial charge is 0.452 e. The first-order chi connectivity index (χ1) is 13.0. The van der Waals surface area contributed by atoms with Gasteiger partial charge in [-0.3, -0.25) is 4.79 Å². The van der Waals surface area contributed by atoms with Crippen LogP contribution in [-0.2, 0) is 19.6 Å². The second kappa shape index (κ2) is 8.72. The molecule has 7 nitrogen and oxygen atoms in total. The summed E-state index contributed by atoms with van der Waals surface area (Å²) in [5.74, 6) is -1.25. The van der Waals surface area contributed by atoms with E-state index in [-0.39, 0.29) is 10.5 Å². The Labute approximate surface area is 169 Å². The fourth-order valence-corrected chi connectivity index (χ4v) is 3.72. The van der Waals surface area contributed by atoms with Gasteiger partial charge in [-0.25, -0.2) is 17.9 Å². The van der Waals surface area contributed by atoms with E-state index in [4.69, 9.17) is 16.3 Å². The van der Waals surface area contributed by atoms with E-state index in [0.717, 1.165) is 0 Å². The summed E-state index contributed by atoms with van der Waals surface area (Å²) >= 11 is 5.77. The van der Waals surface area contributed by atoms with Crippen molar-refractivity contribution in [3.63, 3.8) is 0 Å². The van der Waals surface area contributed by atoms with Crippen LogP contribution in [0.2, 0.25) is 5.02 Å². The number of amides is 1. The third-order valence-electron chi connectivity index (χ3n) is 3.30. The smallest absolute Gasteiger partial charge is 0.338 e. The van der Waals surface area contributed by atoms with Gasteiger partial charge in [0.2, 0.25) is 10.0 Å². The van der Waals surface area contributed by atoms with Gasteiger partial charge in [0.15, 0.2) is 6.61 Å². The highest BCUT2D eigenvalue weighted by atomic mass is 35.5. The first-order valence-corrected chi connectivity index (χ1v) is 10.2. The van der Waals surface area contributed by atoms with Crippen LogP contribution in [0, 0.1) is 0 Å². The average Bonchev–Trinajstić information content (AvgIpc) is 2.60. The normalized spacial score (nSPS) is 11.7. The standard InChI is InChI=1S/C19H21ClN2O5S/c1-19(2,3)22-28(25,26)16-10-4-13(5-11-16)18(24)27-12-17(23)21-15-8-6-14(20)7-9-15/h4-11,22H,12H2,1-3H3,(H,21,23). The average molecular weight is 425 g/mol. The number of hydrogen-bond donors (Lipinski definition) is 2. The zero-order valence-corrected chi connectivity index (χ0v) is 17.2. The lowest BCUT2D eigenvalue weighted by molar-refractivity contribution is -0.119. The molecule has 0 atom stereocenters. The van der Waals surface area contributed by atoms with E-state index in [0.29, 0.717) is 10.7 Å². The van der Waals surface area contributed by atoms with Gasteiger partial charge in [-0.1, -0.05) is 11.6 Å². The lowest BCUT2D eigenvalue weighted by atomic mass is 10.1. The van der Waals surface area contributed by atoms with E-state index in [1.54, 1.807) is 45.0 Å². The molecule has 0 aliphatic rings. The quantitative estimate of drug-likeness (QED) is 0.693. The Morgan fingerprint density at radius 1 is 1.00 bits per heavy atom. The number of esters is 1. The number of rotatable bonds is 6. The third-order valence-corrected chi connectivity index (χ3v) is 5.33. The molecule has 0 aliphatic heterocycles. The Balaban J connectivity index is 1.94. The maximum Gasteiger partial charge on any atom is 0.338 e. The van der Waals surface area contributed by atoms with Crippen molar-refractivity contribution in [2.75, 3.05) is 11.9 Å². The van der Waals surface area contributed by atoms with Crippen LogP contribution in [0.3, 0.4) is 0 Å². The molecule has 9 heteroatoms. The number of halogens is 1. The monoisotopic (exact) mass is 424 g/mol. The molecule has 0 fully saturated rings. The number of carbonyl (C=O) groups excluding carboxylic acids is 2. The minimum atomic E-state index is -3.70. The second-order valence-corrected chi connectivity index (χ2v) is 9.13. The van der Waals surface area contributed by atoms with Crippen molar-refractivity contribution in [1.82, 2.24) is 4.72 Å². The first-order valence-electron chi connectivity index (χ1n) is 8.33. The van der Waals surface area contributed by atoms with Crippen molar-refractivity contribution in [2.24, 2.45) is 0 Å². The van der Waals surface area contributed by atoms with Gasteiger partial charge in [0.05, 0.1) is 10.5 Å². The van der Waals surface area contributed by atoms with Gasteiger partial charge in [0.1, 0.15) is 0 Å². The summed E-state index contributed by atoms with van der Waals surface area (Å²) in [5.41, 5.74) is 0.0220. The van der Waals surface area contributed by atoms with Crippen LogP contribution < -0.4 is 10.0 Å². The zero-order valence-electron chi connectivity index (χ0n) is 15.7. The van der Waals surface area contributed by atoms with Crippen LogP contribution in [0.15, 0.2) is 53.4 Å². The Morgan fingerprint density at radius 3 is 2.11 bits per heavy atom. The molecule has 2 aromatic carbocycles. The second-order valence-electron chi connectivity index (χ2n) is 7.01. The number of benzene rings is 2. The number of sulfonamides is 1. The maximum atomic E-state index is 12.3. The maximum absolute atomic E-state index is 12.3. The summed E-state index contributed by atoms with van der Waals surface area (Å²) in [5, 5.41) is 3.10. The molecule has 0 heterocycles. The van der Waals surface area contributed by atoms with Gasteiger partial charge in [-0.15, -0.1) is 0 Å². The predicted octanol–water partition coefficient (Wildman–Crippen LogP) is 3.21. The molecule has 0 aromatic heterocycles. The molecule has 1 amide bonds. The molecule has 0 aliphatic carbocycles. The number of anilines is 1. The molecule has 28 heavy (non-hydrogen) atoms. The highest BCUT2D eigenvalue weighted by molar-refractivity contribution is 7.89. The number of hydrogen-bond acceptors (Lipinski definition) is 5. The van der Waals surface area contributed by atoms with Crippen LogP contribution in [0.1, 0.15) is 31.1 Å². The number of nitrogens with one attached hydrogen (secondary N) is 2. The van der Waals surface area contributed by atoms with Crippen LogP contribution >= 0.6 is 11.6 Å². The molecule has 150 valence electrons. The van der Waals surface area contributed by atoms with Gasteiger partial charge in [0, 0.05) is 16.2 Å². The Morgan fingerprint density at radius 2 is 1.57 bits per heavy atom. The summed E-state index contributed by atoms with van der Waals surface area (Å²) < 4.78 is 32.0. The summed E-state index contributed by atoms with van der Waals surface area (Å²) in [7, 11) is -3.70. The van der Waals surface area contributed by atoms with E-state index in [2.05, 4.69) is 10.0 Å². The lowest BCUT2D eigenvalue weighted by Crippen LogP contribution is -2.40. The fraction of sp³-hybridized carbons (Fsp3) is 0.263. The molecule has 0 saturated carbocycles. The van der Waals surface area contributed by atoms with E-state index in [1.807, 2.05) is 0 Å². The molecule has 0 bridgehead atoms. The molecular formula is C19H21ClN2O5S. The molecule has 0 saturated heterocycles. The van der Waals surface area contributed by atoms with Gasteiger partial charge >= 0.3 is 5.97 Å². The summed E-state index contributed by atoms with van der Waals surface area (Å²) in [6.45, 7) is 4.70. The first kappa shape index (κ1) is 21.9. The molecule has 0 spiro atoms. The predicted molar refractivity (Wildman–Crippen MR) is 107 cm³/mol. The molecule has 2 N–H and O–H groups in total. The summed E-state index contributed by atoms with van der Waals surface area (Å²) in [6.07, 6.45) is 0. The minimum Gasteiger partial charge on any atom is -0.452 e. The summed E-state index contributed by atoms with van der Waals surface area (Å²) in [6, 6.07) is 11.7. The van der Waals surface area contributed by atoms with Crippen molar-refractivity contribution in [1.29, 1.82) is 0 Å². The molecular weight excluding hydrogens is 404 g/mol. The van der Waals surface area contributed by atoms with Gasteiger partial charge in [-0.05, 0) is 69.3 Å². The van der Waals surface area contributed by atoms with Gasteiger partial charge < -0.3 is 10.1 Å². The number of carbonyl (C=O) groups is 2. The number of ether oxygens (including phenoxy) is 1. The molecule has 0 radical (unpaired) electrons. The molecule has 2 rings (SSSR count).